The van der Waals surface area contributed by atoms with E-state index in [1.54, 1.807) is 12.1 Å². The molecule has 8 heteroatoms. The molecule has 0 saturated carbocycles. The van der Waals surface area contributed by atoms with Crippen LogP contribution in [0.25, 0.3) is 0 Å². The van der Waals surface area contributed by atoms with Crippen LogP contribution in [-0.4, -0.2) is 50.2 Å². The van der Waals surface area contributed by atoms with Gasteiger partial charge < -0.3 is 10.6 Å². The molecule has 1 aliphatic rings. The minimum Gasteiger partial charge on any atom is -0.356 e. The first-order chi connectivity index (χ1) is 19.1. The van der Waals surface area contributed by atoms with Gasteiger partial charge in [0.2, 0.25) is 21.8 Å². The van der Waals surface area contributed by atoms with Crippen molar-refractivity contribution in [1.29, 1.82) is 0 Å². The Kier molecular flexibility index (Phi) is 15.2. The number of unbranched alkanes of at least 4 members (excludes halogenated alkanes) is 9. The standard InChI is InChI=1S/C32H55N3O4S/c1-5-7-8-9-10-11-12-13-14-15-24-33-30(36)19-16-25-34-31(37)29-18-17-26-35(29)40(38,39)28-22-20-27(21-23-28)32(3,4)6-2/h20-23,29H,5-19,24-26H2,1-4H3,(H,33,36)(H,34,37)/t29-/m0/s1. The molecule has 1 aromatic rings. The highest BCUT2D eigenvalue weighted by Crippen LogP contribution is 2.30. The molecule has 7 nitrogen and oxygen atoms in total. The van der Waals surface area contributed by atoms with E-state index in [1.165, 1.54) is 55.7 Å². The quantitative estimate of drug-likeness (QED) is 0.174. The highest BCUT2D eigenvalue weighted by molar-refractivity contribution is 7.89. The number of hydrogen-bond acceptors (Lipinski definition) is 4. The monoisotopic (exact) mass is 577 g/mol. The maximum absolute atomic E-state index is 13.3. The van der Waals surface area contributed by atoms with Crippen molar-refractivity contribution in [1.82, 2.24) is 14.9 Å². The summed E-state index contributed by atoms with van der Waals surface area (Å²) < 4.78 is 28.0. The molecule has 1 aromatic carbocycles. The summed E-state index contributed by atoms with van der Waals surface area (Å²) in [5.41, 5.74) is 1.07. The van der Waals surface area contributed by atoms with Crippen LogP contribution in [-0.2, 0) is 25.0 Å². The number of sulfonamides is 1. The van der Waals surface area contributed by atoms with E-state index in [2.05, 4.69) is 38.3 Å². The zero-order valence-electron chi connectivity index (χ0n) is 25.6. The van der Waals surface area contributed by atoms with Gasteiger partial charge in [0.25, 0.3) is 0 Å². The Morgan fingerprint density at radius 1 is 0.850 bits per heavy atom. The Labute approximate surface area is 244 Å². The first-order valence-corrected chi connectivity index (χ1v) is 17.2. The molecule has 40 heavy (non-hydrogen) atoms. The lowest BCUT2D eigenvalue weighted by molar-refractivity contribution is -0.125. The first-order valence-electron chi connectivity index (χ1n) is 15.8. The van der Waals surface area contributed by atoms with E-state index >= 15 is 0 Å². The van der Waals surface area contributed by atoms with Crippen LogP contribution < -0.4 is 10.6 Å². The summed E-state index contributed by atoms with van der Waals surface area (Å²) in [6.45, 7) is 10.0. The van der Waals surface area contributed by atoms with E-state index < -0.39 is 16.1 Å². The molecular weight excluding hydrogens is 522 g/mol. The fraction of sp³-hybridized carbons (Fsp3) is 0.750. The zero-order valence-corrected chi connectivity index (χ0v) is 26.4. The van der Waals surface area contributed by atoms with Gasteiger partial charge in [0.1, 0.15) is 6.04 Å². The molecule has 1 saturated heterocycles. The summed E-state index contributed by atoms with van der Waals surface area (Å²) >= 11 is 0. The second-order valence-electron chi connectivity index (χ2n) is 12.0. The summed E-state index contributed by atoms with van der Waals surface area (Å²) in [5.74, 6) is -0.277. The number of nitrogens with one attached hydrogen (secondary N) is 2. The zero-order chi connectivity index (χ0) is 29.4. The first kappa shape index (κ1) is 34.3. The highest BCUT2D eigenvalue weighted by Gasteiger charge is 2.39. The van der Waals surface area contributed by atoms with Crippen molar-refractivity contribution in [2.24, 2.45) is 0 Å². The van der Waals surface area contributed by atoms with E-state index in [0.29, 0.717) is 45.3 Å². The van der Waals surface area contributed by atoms with Gasteiger partial charge in [0, 0.05) is 26.1 Å². The maximum atomic E-state index is 13.3. The topological polar surface area (TPSA) is 95.6 Å². The SMILES string of the molecule is CCCCCCCCCCCCNC(=O)CCCNC(=O)[C@@H]1CCCN1S(=O)(=O)c1ccc(C(C)(C)CC)cc1. The van der Waals surface area contributed by atoms with Gasteiger partial charge in [0.15, 0.2) is 0 Å². The Morgan fingerprint density at radius 3 is 2.02 bits per heavy atom. The van der Waals surface area contributed by atoms with Crippen molar-refractivity contribution in [2.75, 3.05) is 19.6 Å². The molecule has 0 aromatic heterocycles. The summed E-state index contributed by atoms with van der Waals surface area (Å²) in [5, 5.41) is 5.83. The second kappa shape index (κ2) is 17.8. The molecule has 228 valence electrons. The molecule has 0 bridgehead atoms. The number of carbonyl (C=O) groups is 2. The summed E-state index contributed by atoms with van der Waals surface area (Å²) in [4.78, 5) is 25.2. The van der Waals surface area contributed by atoms with Crippen LogP contribution in [0.5, 0.6) is 0 Å². The fourth-order valence-corrected chi connectivity index (χ4v) is 6.87. The molecule has 1 aliphatic heterocycles. The van der Waals surface area contributed by atoms with Crippen molar-refractivity contribution in [3.8, 4) is 0 Å². The van der Waals surface area contributed by atoms with Gasteiger partial charge in [-0.05, 0) is 55.2 Å². The molecule has 2 amide bonds. The van der Waals surface area contributed by atoms with Crippen LogP contribution in [0.1, 0.15) is 130 Å². The van der Waals surface area contributed by atoms with Gasteiger partial charge in [0.05, 0.1) is 4.90 Å². The van der Waals surface area contributed by atoms with E-state index in [9.17, 15) is 18.0 Å². The lowest BCUT2D eigenvalue weighted by Gasteiger charge is -2.25. The largest absolute Gasteiger partial charge is 0.356 e. The predicted octanol–water partition coefficient (Wildman–Crippen LogP) is 6.46. The highest BCUT2D eigenvalue weighted by atomic mass is 32.2. The van der Waals surface area contributed by atoms with Gasteiger partial charge in [-0.3, -0.25) is 9.59 Å². The molecule has 0 spiro atoms. The number of nitrogens with zero attached hydrogens (tertiary/aromatic N) is 1. The van der Waals surface area contributed by atoms with Gasteiger partial charge in [-0.15, -0.1) is 0 Å². The van der Waals surface area contributed by atoms with Gasteiger partial charge in [-0.25, -0.2) is 8.42 Å². The molecule has 1 heterocycles. The van der Waals surface area contributed by atoms with Crippen molar-refractivity contribution >= 4 is 21.8 Å². The molecule has 1 atom stereocenters. The van der Waals surface area contributed by atoms with Crippen LogP contribution in [0.3, 0.4) is 0 Å². The van der Waals surface area contributed by atoms with Crippen LogP contribution in [0.4, 0.5) is 0 Å². The van der Waals surface area contributed by atoms with Gasteiger partial charge in [-0.2, -0.15) is 4.31 Å². The van der Waals surface area contributed by atoms with Crippen LogP contribution in [0.2, 0.25) is 0 Å². The molecular formula is C32H55N3O4S. The third-order valence-electron chi connectivity index (χ3n) is 8.36. The predicted molar refractivity (Wildman–Crippen MR) is 164 cm³/mol. The Morgan fingerprint density at radius 2 is 1.43 bits per heavy atom. The minimum atomic E-state index is -3.76. The van der Waals surface area contributed by atoms with Crippen molar-refractivity contribution in [3.05, 3.63) is 29.8 Å². The summed E-state index contributed by atoms with van der Waals surface area (Å²) in [6.07, 6.45) is 15.7. The van der Waals surface area contributed by atoms with E-state index in [4.69, 9.17) is 0 Å². The van der Waals surface area contributed by atoms with Crippen LogP contribution in [0, 0.1) is 0 Å². The lowest BCUT2D eigenvalue weighted by Crippen LogP contribution is -2.46. The summed E-state index contributed by atoms with van der Waals surface area (Å²) in [6, 6.07) is 6.36. The lowest BCUT2D eigenvalue weighted by atomic mass is 9.82. The number of hydrogen-bond donors (Lipinski definition) is 2. The molecule has 0 aliphatic carbocycles. The van der Waals surface area contributed by atoms with Crippen molar-refractivity contribution < 1.29 is 18.0 Å². The molecule has 0 unspecified atom stereocenters. The molecule has 0 radical (unpaired) electrons. The average Bonchev–Trinajstić information content (AvgIpc) is 3.45. The normalized spacial score (nSPS) is 16.2. The minimum absolute atomic E-state index is 0.00458. The Bertz CT molecular complexity index is 992. The molecule has 2 N–H and O–H groups in total. The van der Waals surface area contributed by atoms with Gasteiger partial charge >= 0.3 is 0 Å². The third-order valence-corrected chi connectivity index (χ3v) is 10.3. The smallest absolute Gasteiger partial charge is 0.243 e. The molecule has 1 fully saturated rings. The maximum Gasteiger partial charge on any atom is 0.243 e. The second-order valence-corrected chi connectivity index (χ2v) is 13.9. The number of rotatable bonds is 20. The van der Waals surface area contributed by atoms with Gasteiger partial charge in [-0.1, -0.05) is 97.6 Å². The van der Waals surface area contributed by atoms with Crippen LogP contribution in [0.15, 0.2) is 29.2 Å². The van der Waals surface area contributed by atoms with Crippen molar-refractivity contribution in [2.45, 2.75) is 140 Å². The fourth-order valence-electron chi connectivity index (χ4n) is 5.21. The molecule has 2 rings (SSSR count). The van der Waals surface area contributed by atoms with E-state index in [0.717, 1.165) is 24.8 Å². The average molecular weight is 578 g/mol. The summed E-state index contributed by atoms with van der Waals surface area (Å²) in [7, 11) is -3.76. The Balaban J connectivity index is 1.65. The number of carbonyl (C=O) groups excluding carboxylic acids is 2. The number of amides is 2. The van der Waals surface area contributed by atoms with E-state index in [-0.39, 0.29) is 22.1 Å². The van der Waals surface area contributed by atoms with E-state index in [1.807, 2.05) is 12.1 Å². The Hall–Kier alpha value is -1.93. The van der Waals surface area contributed by atoms with Crippen LogP contribution >= 0.6 is 0 Å². The number of benzene rings is 1. The van der Waals surface area contributed by atoms with Crippen molar-refractivity contribution in [3.63, 3.8) is 0 Å². The third kappa shape index (κ3) is 11.2.